The average Bonchev–Trinajstić information content (AvgIpc) is 2.45. The van der Waals surface area contributed by atoms with Crippen molar-refractivity contribution in [2.75, 3.05) is 19.1 Å². The van der Waals surface area contributed by atoms with Crippen LogP contribution in [0.1, 0.15) is 24.9 Å². The molecule has 1 amide bonds. The van der Waals surface area contributed by atoms with Gasteiger partial charge in [0.1, 0.15) is 6.04 Å². The normalized spacial score (nSPS) is 14.2. The number of carbonyl (C=O) groups is 1. The summed E-state index contributed by atoms with van der Waals surface area (Å²) in [5, 5.41) is 0. The predicted molar refractivity (Wildman–Crippen MR) is 81.7 cm³/mol. The molecule has 0 spiro atoms. The van der Waals surface area contributed by atoms with Crippen LogP contribution in [0.2, 0.25) is 0 Å². The summed E-state index contributed by atoms with van der Waals surface area (Å²) in [5.41, 5.74) is 3.24. The molecule has 0 aromatic heterocycles. The molecule has 106 valence electrons. The highest BCUT2D eigenvalue weighted by atomic mass is 32.2. The van der Waals surface area contributed by atoms with Crippen LogP contribution in [0.25, 0.3) is 0 Å². The fourth-order valence-electron chi connectivity index (χ4n) is 2.21. The number of amides is 1. The Morgan fingerprint density at radius 1 is 1.42 bits per heavy atom. The van der Waals surface area contributed by atoms with Crippen LogP contribution in [0.3, 0.4) is 0 Å². The first-order valence-corrected chi connectivity index (χ1v) is 7.81. The van der Waals surface area contributed by atoms with E-state index < -0.39 is 0 Å². The van der Waals surface area contributed by atoms with Crippen LogP contribution in [0.15, 0.2) is 30.3 Å². The van der Waals surface area contributed by atoms with Crippen molar-refractivity contribution < 1.29 is 4.79 Å². The predicted octanol–water partition coefficient (Wildman–Crippen LogP) is 1.79. The summed E-state index contributed by atoms with van der Waals surface area (Å²) in [7, 11) is 1.98. The summed E-state index contributed by atoms with van der Waals surface area (Å²) < 4.78 is 0. The molecule has 0 saturated heterocycles. The van der Waals surface area contributed by atoms with Crippen LogP contribution < -0.4 is 11.3 Å². The van der Waals surface area contributed by atoms with E-state index in [2.05, 4.69) is 23.5 Å². The molecule has 2 unspecified atom stereocenters. The zero-order valence-corrected chi connectivity index (χ0v) is 12.6. The van der Waals surface area contributed by atoms with E-state index in [4.69, 9.17) is 5.84 Å². The minimum absolute atomic E-state index is 0.173. The average molecular weight is 281 g/mol. The van der Waals surface area contributed by atoms with E-state index in [1.54, 1.807) is 11.8 Å². The molecular formula is C14H23N3OS. The Bertz CT molecular complexity index is 386. The van der Waals surface area contributed by atoms with Crippen molar-refractivity contribution >= 4 is 17.7 Å². The third-order valence-electron chi connectivity index (χ3n) is 3.32. The summed E-state index contributed by atoms with van der Waals surface area (Å²) >= 11 is 1.79. The smallest absolute Gasteiger partial charge is 0.255 e. The highest BCUT2D eigenvalue weighted by molar-refractivity contribution is 7.98. The van der Waals surface area contributed by atoms with Gasteiger partial charge in [0.25, 0.3) is 5.91 Å². The van der Waals surface area contributed by atoms with Gasteiger partial charge in [0.05, 0.1) is 0 Å². The molecular weight excluding hydrogens is 258 g/mol. The number of likely N-dealkylation sites (N-methyl/N-ethyl adjacent to an activating group) is 1. The van der Waals surface area contributed by atoms with E-state index in [1.165, 1.54) is 0 Å². The number of carbonyl (C=O) groups excluding carboxylic acids is 1. The van der Waals surface area contributed by atoms with E-state index >= 15 is 0 Å². The van der Waals surface area contributed by atoms with Crippen molar-refractivity contribution in [3.63, 3.8) is 0 Å². The minimum atomic E-state index is -0.344. The first-order chi connectivity index (χ1) is 9.15. The Balaban J connectivity index is 3.00. The molecule has 0 aliphatic heterocycles. The molecule has 0 saturated carbocycles. The molecule has 1 rings (SSSR count). The molecule has 2 atom stereocenters. The summed E-state index contributed by atoms with van der Waals surface area (Å²) in [5.74, 6) is 6.15. The number of hydrazine groups is 1. The van der Waals surface area contributed by atoms with Gasteiger partial charge in [-0.2, -0.15) is 11.8 Å². The monoisotopic (exact) mass is 281 g/mol. The maximum atomic E-state index is 12.1. The number of nitrogens with zero attached hydrogens (tertiary/aromatic N) is 1. The summed E-state index contributed by atoms with van der Waals surface area (Å²) in [6, 6.07) is 9.75. The molecule has 0 fully saturated rings. The fourth-order valence-corrected chi connectivity index (χ4v) is 3.07. The quantitative estimate of drug-likeness (QED) is 0.454. The van der Waals surface area contributed by atoms with Crippen LogP contribution in [0, 0.1) is 0 Å². The lowest BCUT2D eigenvalue weighted by Gasteiger charge is -2.33. The molecule has 0 bridgehead atoms. The van der Waals surface area contributed by atoms with Crippen LogP contribution in [-0.4, -0.2) is 35.9 Å². The Kier molecular flexibility index (Phi) is 6.91. The van der Waals surface area contributed by atoms with Crippen LogP contribution >= 0.6 is 11.8 Å². The lowest BCUT2D eigenvalue weighted by molar-refractivity contribution is -0.127. The van der Waals surface area contributed by atoms with Crippen LogP contribution in [-0.2, 0) is 4.79 Å². The zero-order valence-electron chi connectivity index (χ0n) is 11.8. The molecule has 0 aliphatic rings. The van der Waals surface area contributed by atoms with Crippen molar-refractivity contribution in [2.45, 2.75) is 25.4 Å². The van der Waals surface area contributed by atoms with E-state index in [0.717, 1.165) is 17.7 Å². The maximum absolute atomic E-state index is 12.1. The number of hydrogen-bond donors (Lipinski definition) is 2. The van der Waals surface area contributed by atoms with Crippen LogP contribution in [0.5, 0.6) is 0 Å². The van der Waals surface area contributed by atoms with Crippen molar-refractivity contribution in [1.82, 2.24) is 10.3 Å². The third-order valence-corrected chi connectivity index (χ3v) is 4.04. The van der Waals surface area contributed by atoms with Crippen molar-refractivity contribution in [1.29, 1.82) is 0 Å². The second kappa shape index (κ2) is 8.19. The van der Waals surface area contributed by atoms with Crippen molar-refractivity contribution in [3.05, 3.63) is 35.9 Å². The molecule has 1 aromatic rings. The highest BCUT2D eigenvalue weighted by Crippen LogP contribution is 2.23. The molecule has 5 heteroatoms. The van der Waals surface area contributed by atoms with Gasteiger partial charge in [-0.05, 0) is 25.3 Å². The van der Waals surface area contributed by atoms with Gasteiger partial charge >= 0.3 is 0 Å². The Labute approximate surface area is 119 Å². The van der Waals surface area contributed by atoms with E-state index in [9.17, 15) is 4.79 Å². The number of nitrogens with one attached hydrogen (secondary N) is 1. The molecule has 3 N–H and O–H groups in total. The molecule has 4 nitrogen and oxygen atoms in total. The van der Waals surface area contributed by atoms with Crippen molar-refractivity contribution in [3.8, 4) is 0 Å². The summed E-state index contributed by atoms with van der Waals surface area (Å²) in [6.07, 6.45) is 3.08. The SMILES string of the molecule is CCC(CSC)N(C)C(C(=O)NN)c1ccccc1. The molecule has 19 heavy (non-hydrogen) atoms. The van der Waals surface area contributed by atoms with Gasteiger partial charge in [-0.15, -0.1) is 0 Å². The van der Waals surface area contributed by atoms with Gasteiger partial charge in [-0.25, -0.2) is 5.84 Å². The number of benzene rings is 1. The lowest BCUT2D eigenvalue weighted by atomic mass is 10.0. The Morgan fingerprint density at radius 2 is 2.05 bits per heavy atom. The molecule has 1 aromatic carbocycles. The third kappa shape index (κ3) is 4.23. The topological polar surface area (TPSA) is 58.4 Å². The fraction of sp³-hybridized carbons (Fsp3) is 0.500. The Morgan fingerprint density at radius 3 is 2.53 bits per heavy atom. The molecule has 0 aliphatic carbocycles. The summed E-state index contributed by atoms with van der Waals surface area (Å²) in [4.78, 5) is 14.2. The van der Waals surface area contributed by atoms with Gasteiger partial charge in [0, 0.05) is 11.8 Å². The second-order valence-electron chi connectivity index (χ2n) is 4.50. The van der Waals surface area contributed by atoms with E-state index in [0.29, 0.717) is 6.04 Å². The van der Waals surface area contributed by atoms with Gasteiger partial charge in [0.15, 0.2) is 0 Å². The number of nitrogens with two attached hydrogens (primary N) is 1. The largest absolute Gasteiger partial charge is 0.293 e. The zero-order chi connectivity index (χ0) is 14.3. The maximum Gasteiger partial charge on any atom is 0.255 e. The van der Waals surface area contributed by atoms with Gasteiger partial charge < -0.3 is 0 Å². The number of thioether (sulfide) groups is 1. The first-order valence-electron chi connectivity index (χ1n) is 6.41. The standard InChI is InChI=1S/C14H23N3OS/c1-4-12(10-19-3)17(2)13(14(18)16-15)11-8-6-5-7-9-11/h5-9,12-13H,4,10,15H2,1-3H3,(H,16,18). The minimum Gasteiger partial charge on any atom is -0.293 e. The van der Waals surface area contributed by atoms with E-state index in [-0.39, 0.29) is 11.9 Å². The van der Waals surface area contributed by atoms with Gasteiger partial charge in [-0.1, -0.05) is 37.3 Å². The summed E-state index contributed by atoms with van der Waals surface area (Å²) in [6.45, 7) is 2.14. The molecule has 0 heterocycles. The van der Waals surface area contributed by atoms with Gasteiger partial charge in [-0.3, -0.25) is 15.1 Å². The van der Waals surface area contributed by atoms with Gasteiger partial charge in [0.2, 0.25) is 0 Å². The first kappa shape index (κ1) is 16.0. The lowest BCUT2D eigenvalue weighted by Crippen LogP contribution is -2.46. The van der Waals surface area contributed by atoms with E-state index in [1.807, 2.05) is 37.4 Å². The molecule has 0 radical (unpaired) electrons. The highest BCUT2D eigenvalue weighted by Gasteiger charge is 2.28. The number of rotatable bonds is 7. The van der Waals surface area contributed by atoms with Crippen LogP contribution in [0.4, 0.5) is 0 Å². The second-order valence-corrected chi connectivity index (χ2v) is 5.42. The van der Waals surface area contributed by atoms with Crippen molar-refractivity contribution in [2.24, 2.45) is 5.84 Å². The number of hydrogen-bond acceptors (Lipinski definition) is 4. The Hall–Kier alpha value is -1.04.